The smallest absolute Gasteiger partial charge is 0.240 e. The number of amides is 1. The number of imidazole rings is 1. The fraction of sp³-hybridized carbons (Fsp3) is 0.625. The molecule has 0 radical (unpaired) electrons. The molecule has 0 aliphatic carbocycles. The summed E-state index contributed by atoms with van der Waals surface area (Å²) in [4.78, 5) is 27.7. The molecule has 0 saturated carbocycles. The molecule has 0 unspecified atom stereocenters. The zero-order valence-electron chi connectivity index (χ0n) is 14.8. The molecule has 2 aromatic heterocycles. The molecule has 0 bridgehead atoms. The van der Waals surface area contributed by atoms with Gasteiger partial charge in [-0.25, -0.2) is 15.0 Å². The number of rotatable bonds is 4. The Hall–Kier alpha value is -2.34. The third-order valence-corrected chi connectivity index (χ3v) is 5.06. The first-order chi connectivity index (χ1) is 13.0. The number of hydrogen-bond acceptors (Lipinski definition) is 9. The standard InChI is InChI=1S/C16H23N7O4/c1-7-11(23-16(26)12-8(24)2-3-17-12)9(25)4-10(27-7)22-15-13-14(19-5-18-13)20-6-21-15/h5-12,17,24-25H,2-4H2,1H3,(H,23,26)(H2,18,19,20,21,22)/t7-,8-,9-,10-,11-,12+/m0/s1. The van der Waals surface area contributed by atoms with Crippen molar-refractivity contribution in [1.82, 2.24) is 30.6 Å². The summed E-state index contributed by atoms with van der Waals surface area (Å²) in [5.74, 6) is 0.198. The lowest BCUT2D eigenvalue weighted by Gasteiger charge is -2.39. The topological polar surface area (TPSA) is 157 Å². The van der Waals surface area contributed by atoms with Crippen molar-refractivity contribution in [3.05, 3.63) is 12.7 Å². The van der Waals surface area contributed by atoms with Gasteiger partial charge in [0.1, 0.15) is 24.1 Å². The number of nitrogens with zero attached hydrogens (tertiary/aromatic N) is 3. The van der Waals surface area contributed by atoms with E-state index in [0.717, 1.165) is 0 Å². The lowest BCUT2D eigenvalue weighted by atomic mass is 9.98. The Morgan fingerprint density at radius 1 is 1.30 bits per heavy atom. The minimum atomic E-state index is -0.812. The molecule has 2 aliphatic heterocycles. The molecule has 2 aliphatic rings. The van der Waals surface area contributed by atoms with E-state index in [2.05, 4.69) is 35.9 Å². The highest BCUT2D eigenvalue weighted by molar-refractivity contribution is 5.83. The van der Waals surface area contributed by atoms with E-state index >= 15 is 0 Å². The predicted octanol–water partition coefficient (Wildman–Crippen LogP) is -1.53. The molecule has 4 heterocycles. The van der Waals surface area contributed by atoms with Crippen LogP contribution < -0.4 is 16.0 Å². The molecule has 146 valence electrons. The molecule has 11 heteroatoms. The Bertz CT molecular complexity index is 803. The van der Waals surface area contributed by atoms with Crippen LogP contribution in [-0.2, 0) is 9.53 Å². The van der Waals surface area contributed by atoms with Crippen molar-refractivity contribution in [3.63, 3.8) is 0 Å². The van der Waals surface area contributed by atoms with Gasteiger partial charge in [-0.15, -0.1) is 0 Å². The van der Waals surface area contributed by atoms with Crippen LogP contribution in [-0.4, -0.2) is 79.2 Å². The maximum absolute atomic E-state index is 12.4. The van der Waals surface area contributed by atoms with Gasteiger partial charge >= 0.3 is 0 Å². The second-order valence-corrected chi connectivity index (χ2v) is 6.92. The largest absolute Gasteiger partial charge is 0.391 e. The minimum Gasteiger partial charge on any atom is -0.391 e. The van der Waals surface area contributed by atoms with Crippen molar-refractivity contribution < 1.29 is 19.7 Å². The van der Waals surface area contributed by atoms with Crippen LogP contribution in [0.5, 0.6) is 0 Å². The number of hydrogen-bond donors (Lipinski definition) is 6. The number of H-pyrrole nitrogens is 1. The highest BCUT2D eigenvalue weighted by atomic mass is 16.5. The van der Waals surface area contributed by atoms with E-state index in [9.17, 15) is 15.0 Å². The summed E-state index contributed by atoms with van der Waals surface area (Å²) in [7, 11) is 0. The molecular weight excluding hydrogens is 354 g/mol. The number of ether oxygens (including phenoxy) is 1. The highest BCUT2D eigenvalue weighted by Gasteiger charge is 2.39. The molecule has 0 aromatic carbocycles. The summed E-state index contributed by atoms with van der Waals surface area (Å²) < 4.78 is 5.93. The SMILES string of the molecule is C[C@@H]1O[C@H](Nc2ncnc3nc[nH]c23)C[C@H](O)[C@H]1NC(=O)[C@@H]1NCC[C@@H]1O. The first-order valence-corrected chi connectivity index (χ1v) is 8.99. The van der Waals surface area contributed by atoms with Crippen molar-refractivity contribution in [2.24, 2.45) is 0 Å². The van der Waals surface area contributed by atoms with Crippen molar-refractivity contribution in [3.8, 4) is 0 Å². The minimum absolute atomic E-state index is 0.259. The van der Waals surface area contributed by atoms with Crippen LogP contribution in [0.4, 0.5) is 5.82 Å². The Labute approximate surface area is 154 Å². The average molecular weight is 377 g/mol. The number of aliphatic hydroxyl groups is 2. The summed E-state index contributed by atoms with van der Waals surface area (Å²) in [6, 6.07) is -1.22. The van der Waals surface area contributed by atoms with Gasteiger partial charge in [-0.3, -0.25) is 4.79 Å². The third-order valence-electron chi connectivity index (χ3n) is 5.06. The van der Waals surface area contributed by atoms with E-state index in [1.165, 1.54) is 12.7 Å². The number of anilines is 1. The summed E-state index contributed by atoms with van der Waals surface area (Å²) in [5.41, 5.74) is 1.18. The Morgan fingerprint density at radius 2 is 2.15 bits per heavy atom. The second-order valence-electron chi connectivity index (χ2n) is 6.92. The van der Waals surface area contributed by atoms with E-state index in [-0.39, 0.29) is 12.3 Å². The Morgan fingerprint density at radius 3 is 2.89 bits per heavy atom. The number of carbonyl (C=O) groups is 1. The summed E-state index contributed by atoms with van der Waals surface area (Å²) in [6.07, 6.45) is 1.27. The molecule has 6 atom stereocenters. The van der Waals surface area contributed by atoms with Crippen LogP contribution in [0.3, 0.4) is 0 Å². The van der Waals surface area contributed by atoms with E-state index in [4.69, 9.17) is 4.74 Å². The van der Waals surface area contributed by atoms with Gasteiger partial charge in [0, 0.05) is 6.42 Å². The monoisotopic (exact) mass is 377 g/mol. The van der Waals surface area contributed by atoms with Crippen molar-refractivity contribution in [2.45, 2.75) is 56.4 Å². The number of aromatic nitrogens is 4. The number of aromatic amines is 1. The van der Waals surface area contributed by atoms with Crippen LogP contribution in [0.15, 0.2) is 12.7 Å². The van der Waals surface area contributed by atoms with Crippen molar-refractivity contribution in [2.75, 3.05) is 11.9 Å². The molecule has 0 spiro atoms. The Kier molecular flexibility index (Phi) is 4.91. The van der Waals surface area contributed by atoms with Crippen LogP contribution in [0.1, 0.15) is 19.8 Å². The summed E-state index contributed by atoms with van der Waals surface area (Å²) >= 11 is 0. The van der Waals surface area contributed by atoms with Crippen LogP contribution in [0.2, 0.25) is 0 Å². The van der Waals surface area contributed by atoms with E-state index < -0.39 is 36.6 Å². The second kappa shape index (κ2) is 7.35. The first kappa shape index (κ1) is 18.0. The molecule has 2 fully saturated rings. The molecule has 6 N–H and O–H groups in total. The maximum Gasteiger partial charge on any atom is 0.240 e. The quantitative estimate of drug-likeness (QED) is 0.372. The molecule has 1 amide bonds. The predicted molar refractivity (Wildman–Crippen MR) is 94.6 cm³/mol. The summed E-state index contributed by atoms with van der Waals surface area (Å²) in [6.45, 7) is 2.37. The maximum atomic E-state index is 12.4. The van der Waals surface area contributed by atoms with Gasteiger partial charge in [-0.05, 0) is 19.9 Å². The fourth-order valence-corrected chi connectivity index (χ4v) is 3.62. The van der Waals surface area contributed by atoms with Crippen molar-refractivity contribution in [1.29, 1.82) is 0 Å². The van der Waals surface area contributed by atoms with E-state index in [1.54, 1.807) is 6.92 Å². The van der Waals surface area contributed by atoms with Gasteiger partial charge in [0.15, 0.2) is 11.5 Å². The molecule has 4 rings (SSSR count). The van der Waals surface area contributed by atoms with Gasteiger partial charge in [-0.1, -0.05) is 0 Å². The summed E-state index contributed by atoms with van der Waals surface area (Å²) in [5, 5.41) is 29.3. The van der Waals surface area contributed by atoms with Crippen molar-refractivity contribution >= 4 is 22.9 Å². The van der Waals surface area contributed by atoms with Gasteiger partial charge in [0.2, 0.25) is 5.91 Å². The highest BCUT2D eigenvalue weighted by Crippen LogP contribution is 2.24. The lowest BCUT2D eigenvalue weighted by Crippen LogP contribution is -2.60. The van der Waals surface area contributed by atoms with E-state index in [0.29, 0.717) is 29.9 Å². The third kappa shape index (κ3) is 3.58. The number of nitrogens with one attached hydrogen (secondary N) is 4. The zero-order chi connectivity index (χ0) is 19.0. The average Bonchev–Trinajstić information content (AvgIpc) is 3.27. The van der Waals surface area contributed by atoms with E-state index in [1.807, 2.05) is 0 Å². The number of carbonyl (C=O) groups excluding carboxylic acids is 1. The lowest BCUT2D eigenvalue weighted by molar-refractivity contribution is -0.135. The molecule has 11 nitrogen and oxygen atoms in total. The first-order valence-electron chi connectivity index (χ1n) is 8.99. The zero-order valence-corrected chi connectivity index (χ0v) is 14.8. The molecule has 2 saturated heterocycles. The molecule has 2 aromatic rings. The molecular formula is C16H23N7O4. The van der Waals surface area contributed by atoms with Gasteiger partial charge < -0.3 is 35.9 Å². The Balaban J connectivity index is 1.40. The van der Waals surface area contributed by atoms with Crippen LogP contribution in [0.25, 0.3) is 11.2 Å². The van der Waals surface area contributed by atoms with Gasteiger partial charge in [0.05, 0.1) is 30.7 Å². The number of aliphatic hydroxyl groups excluding tert-OH is 2. The van der Waals surface area contributed by atoms with Crippen LogP contribution in [0, 0.1) is 0 Å². The van der Waals surface area contributed by atoms with Gasteiger partial charge in [0.25, 0.3) is 0 Å². The molecule has 27 heavy (non-hydrogen) atoms. The normalized spacial score (nSPS) is 33.9. The fourth-order valence-electron chi connectivity index (χ4n) is 3.62. The number of fused-ring (bicyclic) bond motifs is 1. The van der Waals surface area contributed by atoms with Gasteiger partial charge in [-0.2, -0.15) is 0 Å². The van der Waals surface area contributed by atoms with Crippen LogP contribution >= 0.6 is 0 Å².